The Hall–Kier alpha value is -2.68. The first-order chi connectivity index (χ1) is 16.2. The van der Waals surface area contributed by atoms with Crippen LogP contribution in [0, 0.1) is 0 Å². The molecule has 0 spiro atoms. The average molecular weight is 486 g/mol. The molecule has 34 heavy (non-hydrogen) atoms. The van der Waals surface area contributed by atoms with Gasteiger partial charge in [-0.25, -0.2) is 8.42 Å². The van der Waals surface area contributed by atoms with Gasteiger partial charge in [0.05, 0.1) is 13.7 Å². The minimum atomic E-state index is -3.88. The van der Waals surface area contributed by atoms with E-state index >= 15 is 0 Å². The Labute approximate surface area is 203 Å². The van der Waals surface area contributed by atoms with Crippen molar-refractivity contribution in [2.45, 2.75) is 24.7 Å². The monoisotopic (exact) mass is 485 g/mol. The number of carbonyl (C=O) groups excluding carboxylic acids is 1. The van der Waals surface area contributed by atoms with Gasteiger partial charge < -0.3 is 9.64 Å². The Morgan fingerprint density at radius 1 is 1.09 bits per heavy atom. The molecule has 0 saturated carbocycles. The van der Waals surface area contributed by atoms with Crippen LogP contribution >= 0.6 is 0 Å². The summed E-state index contributed by atoms with van der Waals surface area (Å²) in [5.74, 6) is 0.260. The third-order valence-corrected chi connectivity index (χ3v) is 7.92. The number of rotatable bonds is 9. The van der Waals surface area contributed by atoms with Crippen LogP contribution < -0.4 is 4.74 Å². The van der Waals surface area contributed by atoms with Crippen molar-refractivity contribution in [1.29, 1.82) is 0 Å². The van der Waals surface area contributed by atoms with E-state index in [4.69, 9.17) is 4.74 Å². The molecule has 1 amide bonds. The van der Waals surface area contributed by atoms with E-state index in [1.54, 1.807) is 17.0 Å². The van der Waals surface area contributed by atoms with Crippen LogP contribution in [0.3, 0.4) is 0 Å². The lowest BCUT2D eigenvalue weighted by molar-refractivity contribution is -0.132. The summed E-state index contributed by atoms with van der Waals surface area (Å²) in [5.41, 5.74) is 2.06. The first-order valence-electron chi connectivity index (χ1n) is 11.6. The number of ether oxygens (including phenoxy) is 1. The Balaban J connectivity index is 1.56. The van der Waals surface area contributed by atoms with Gasteiger partial charge in [0.2, 0.25) is 15.9 Å². The van der Waals surface area contributed by atoms with Crippen molar-refractivity contribution in [3.63, 3.8) is 0 Å². The number of piperazine rings is 1. The maximum Gasteiger partial charge on any atom is 0.246 e. The maximum atomic E-state index is 13.3. The van der Waals surface area contributed by atoms with E-state index in [1.165, 1.54) is 14.2 Å². The van der Waals surface area contributed by atoms with Crippen LogP contribution in [-0.4, -0.2) is 81.9 Å². The lowest BCUT2D eigenvalue weighted by Gasteiger charge is -2.35. The van der Waals surface area contributed by atoms with E-state index in [2.05, 4.69) is 29.2 Å². The highest BCUT2D eigenvalue weighted by Gasteiger charge is 2.29. The minimum absolute atomic E-state index is 0.0894. The van der Waals surface area contributed by atoms with Crippen LogP contribution in [-0.2, 0) is 14.8 Å². The molecule has 3 rings (SSSR count). The maximum absolute atomic E-state index is 13.3. The molecule has 8 heteroatoms. The number of amides is 1. The predicted molar refractivity (Wildman–Crippen MR) is 135 cm³/mol. The Kier molecular flexibility index (Phi) is 8.88. The van der Waals surface area contributed by atoms with Crippen molar-refractivity contribution >= 4 is 22.0 Å². The third kappa shape index (κ3) is 6.46. The van der Waals surface area contributed by atoms with Gasteiger partial charge >= 0.3 is 0 Å². The SMILES string of the molecule is COc1ccc(C(C)C)cc1S(=O)(=O)N(C)CC(=O)N1CCN(C/C=C/c2ccccc2)CC1. The number of hydrogen-bond acceptors (Lipinski definition) is 5. The van der Waals surface area contributed by atoms with Crippen molar-refractivity contribution in [2.24, 2.45) is 0 Å². The van der Waals surface area contributed by atoms with Crippen LogP contribution in [0.15, 0.2) is 59.5 Å². The molecule has 0 radical (unpaired) electrons. The normalized spacial score (nSPS) is 15.4. The van der Waals surface area contributed by atoms with Gasteiger partial charge in [-0.05, 0) is 29.2 Å². The summed E-state index contributed by atoms with van der Waals surface area (Å²) in [7, 11) is -0.988. The smallest absolute Gasteiger partial charge is 0.246 e. The highest BCUT2D eigenvalue weighted by Crippen LogP contribution is 2.30. The Morgan fingerprint density at radius 3 is 2.38 bits per heavy atom. The van der Waals surface area contributed by atoms with Crippen molar-refractivity contribution in [1.82, 2.24) is 14.1 Å². The number of sulfonamides is 1. The molecule has 0 unspecified atom stereocenters. The van der Waals surface area contributed by atoms with Crippen LogP contribution in [0.1, 0.15) is 30.9 Å². The number of nitrogens with zero attached hydrogens (tertiary/aromatic N) is 3. The summed E-state index contributed by atoms with van der Waals surface area (Å²) in [5, 5.41) is 0. The largest absolute Gasteiger partial charge is 0.495 e. The van der Waals surface area contributed by atoms with Gasteiger partial charge in [0.15, 0.2) is 0 Å². The molecule has 0 aromatic heterocycles. The quantitative estimate of drug-likeness (QED) is 0.545. The molecular weight excluding hydrogens is 450 g/mol. The molecule has 2 aromatic carbocycles. The molecule has 184 valence electrons. The summed E-state index contributed by atoms with van der Waals surface area (Å²) in [6.45, 7) is 7.29. The zero-order chi connectivity index (χ0) is 24.7. The molecule has 1 fully saturated rings. The Bertz CT molecular complexity index is 1090. The van der Waals surface area contributed by atoms with Crippen molar-refractivity contribution < 1.29 is 17.9 Å². The lowest BCUT2D eigenvalue weighted by atomic mass is 10.0. The van der Waals surface area contributed by atoms with Crippen LogP contribution in [0.4, 0.5) is 0 Å². The molecule has 1 aliphatic rings. The van der Waals surface area contributed by atoms with E-state index in [0.29, 0.717) is 13.1 Å². The molecular formula is C26H35N3O4S. The van der Waals surface area contributed by atoms with Crippen molar-refractivity contribution in [3.8, 4) is 5.75 Å². The fourth-order valence-electron chi connectivity index (χ4n) is 3.88. The fraction of sp³-hybridized carbons (Fsp3) is 0.423. The standard InChI is InChI=1S/C26H35N3O4S/c1-21(2)23-12-13-24(33-4)25(19-23)34(31,32)27(3)20-26(30)29-17-15-28(16-18-29)14-8-11-22-9-6-5-7-10-22/h5-13,19,21H,14-18,20H2,1-4H3/b11-8+. The minimum Gasteiger partial charge on any atom is -0.495 e. The molecule has 7 nitrogen and oxygen atoms in total. The second-order valence-electron chi connectivity index (χ2n) is 8.82. The molecule has 0 aliphatic carbocycles. The molecule has 1 aliphatic heterocycles. The molecule has 0 bridgehead atoms. The molecule has 0 atom stereocenters. The van der Waals surface area contributed by atoms with Gasteiger partial charge in [0.1, 0.15) is 10.6 Å². The second-order valence-corrected chi connectivity index (χ2v) is 10.8. The van der Waals surface area contributed by atoms with Gasteiger partial charge in [0, 0.05) is 39.8 Å². The van der Waals surface area contributed by atoms with Crippen molar-refractivity contribution in [2.75, 3.05) is 53.4 Å². The van der Waals surface area contributed by atoms with Crippen LogP contribution in [0.25, 0.3) is 6.08 Å². The fourth-order valence-corrected chi connectivity index (χ4v) is 5.19. The van der Waals surface area contributed by atoms with E-state index in [-0.39, 0.29) is 29.0 Å². The molecule has 0 N–H and O–H groups in total. The van der Waals surface area contributed by atoms with Crippen LogP contribution in [0.2, 0.25) is 0 Å². The first kappa shape index (κ1) is 25.9. The number of hydrogen-bond donors (Lipinski definition) is 0. The summed E-state index contributed by atoms with van der Waals surface area (Å²) in [4.78, 5) is 17.0. The summed E-state index contributed by atoms with van der Waals surface area (Å²) >= 11 is 0. The third-order valence-electron chi connectivity index (χ3n) is 6.10. The number of carbonyl (C=O) groups is 1. The number of likely N-dealkylation sites (N-methyl/N-ethyl adjacent to an activating group) is 1. The topological polar surface area (TPSA) is 70.2 Å². The Morgan fingerprint density at radius 2 is 1.76 bits per heavy atom. The molecule has 1 saturated heterocycles. The van der Waals surface area contributed by atoms with E-state index in [0.717, 1.165) is 35.1 Å². The van der Waals surface area contributed by atoms with E-state index in [9.17, 15) is 13.2 Å². The molecule has 2 aromatic rings. The van der Waals surface area contributed by atoms with Gasteiger partial charge in [-0.15, -0.1) is 0 Å². The summed E-state index contributed by atoms with van der Waals surface area (Å²) < 4.78 is 32.9. The van der Waals surface area contributed by atoms with Gasteiger partial charge in [-0.1, -0.05) is 62.4 Å². The van der Waals surface area contributed by atoms with E-state index in [1.807, 2.05) is 38.1 Å². The molecule has 1 heterocycles. The van der Waals surface area contributed by atoms with Crippen LogP contribution in [0.5, 0.6) is 5.75 Å². The highest BCUT2D eigenvalue weighted by atomic mass is 32.2. The lowest BCUT2D eigenvalue weighted by Crippen LogP contribution is -2.51. The van der Waals surface area contributed by atoms with Gasteiger partial charge in [-0.3, -0.25) is 9.69 Å². The average Bonchev–Trinajstić information content (AvgIpc) is 2.84. The summed E-state index contributed by atoms with van der Waals surface area (Å²) in [6, 6.07) is 15.3. The zero-order valence-electron chi connectivity index (χ0n) is 20.5. The summed E-state index contributed by atoms with van der Waals surface area (Å²) in [6.07, 6.45) is 4.23. The number of methoxy groups -OCH3 is 1. The zero-order valence-corrected chi connectivity index (χ0v) is 21.3. The van der Waals surface area contributed by atoms with Gasteiger partial charge in [0.25, 0.3) is 0 Å². The predicted octanol–water partition coefficient (Wildman–Crippen LogP) is 3.30. The van der Waals surface area contributed by atoms with E-state index < -0.39 is 10.0 Å². The highest BCUT2D eigenvalue weighted by molar-refractivity contribution is 7.89. The second kappa shape index (κ2) is 11.6. The van der Waals surface area contributed by atoms with Crippen molar-refractivity contribution in [3.05, 3.63) is 65.7 Å². The first-order valence-corrected chi connectivity index (χ1v) is 13.0. The van der Waals surface area contributed by atoms with Gasteiger partial charge in [-0.2, -0.15) is 4.31 Å². The number of benzene rings is 2.